The van der Waals surface area contributed by atoms with Crippen molar-refractivity contribution in [1.82, 2.24) is 0 Å². The number of Topliss-reactive ketones (excluding diaryl/α,β-unsaturated/α-hetero) is 1. The predicted octanol–water partition coefficient (Wildman–Crippen LogP) is 3.28. The first-order valence-corrected chi connectivity index (χ1v) is 7.49. The highest BCUT2D eigenvalue weighted by atomic mass is 16.6. The number of anilines is 1. The molecule has 2 aromatic rings. The zero-order chi connectivity index (χ0) is 16.5. The van der Waals surface area contributed by atoms with Crippen molar-refractivity contribution >= 4 is 17.6 Å². The van der Waals surface area contributed by atoms with Gasteiger partial charge in [-0.2, -0.15) is 0 Å². The molecule has 0 spiro atoms. The lowest BCUT2D eigenvalue weighted by molar-refractivity contribution is -0.127. The Morgan fingerprint density at radius 1 is 1.00 bits per heavy atom. The van der Waals surface area contributed by atoms with Gasteiger partial charge in [-0.15, -0.1) is 0 Å². The normalized spacial score (nSPS) is 11.5. The highest BCUT2D eigenvalue weighted by Crippen LogP contribution is 2.20. The van der Waals surface area contributed by atoms with Gasteiger partial charge in [0.05, 0.1) is 0 Å². The van der Waals surface area contributed by atoms with Crippen LogP contribution in [0, 0.1) is 0 Å². The molecule has 0 aliphatic rings. The Bertz CT molecular complexity index is 629. The molecule has 0 bridgehead atoms. The number of benzene rings is 2. The van der Waals surface area contributed by atoms with Gasteiger partial charge >= 0.3 is 6.09 Å². The van der Waals surface area contributed by atoms with Gasteiger partial charge in [0, 0.05) is 24.2 Å². The van der Waals surface area contributed by atoms with E-state index in [0.717, 1.165) is 5.69 Å². The van der Waals surface area contributed by atoms with E-state index in [-0.39, 0.29) is 5.78 Å². The van der Waals surface area contributed by atoms with Gasteiger partial charge in [-0.3, -0.25) is 4.79 Å². The molecule has 5 heteroatoms. The Kier molecular flexibility index (Phi) is 6.17. The standard InChI is InChI=1S/C18H20N2O3/c19-18(22)23-17(14-8-3-1-4-9-14)16(21)12-7-13-20-15-10-5-2-6-11-15/h1-6,8-11,17,20H,7,12-13H2,(H2,19,22). The van der Waals surface area contributed by atoms with E-state index in [1.54, 1.807) is 24.3 Å². The molecule has 0 aromatic heterocycles. The molecule has 0 fully saturated rings. The van der Waals surface area contributed by atoms with E-state index in [9.17, 15) is 9.59 Å². The molecule has 1 amide bonds. The summed E-state index contributed by atoms with van der Waals surface area (Å²) in [6.07, 6.45) is -0.952. The van der Waals surface area contributed by atoms with Crippen LogP contribution < -0.4 is 11.1 Å². The van der Waals surface area contributed by atoms with Gasteiger partial charge in [-0.25, -0.2) is 4.79 Å². The maximum absolute atomic E-state index is 12.3. The highest BCUT2D eigenvalue weighted by Gasteiger charge is 2.23. The van der Waals surface area contributed by atoms with E-state index < -0.39 is 12.2 Å². The summed E-state index contributed by atoms with van der Waals surface area (Å²) < 4.78 is 4.98. The van der Waals surface area contributed by atoms with Crippen molar-refractivity contribution in [2.24, 2.45) is 5.73 Å². The van der Waals surface area contributed by atoms with Crippen LogP contribution in [0.25, 0.3) is 0 Å². The van der Waals surface area contributed by atoms with Gasteiger partial charge in [0.2, 0.25) is 0 Å². The van der Waals surface area contributed by atoms with Gasteiger partial charge in [-0.1, -0.05) is 48.5 Å². The van der Waals surface area contributed by atoms with Crippen molar-refractivity contribution in [1.29, 1.82) is 0 Å². The van der Waals surface area contributed by atoms with Gasteiger partial charge < -0.3 is 15.8 Å². The summed E-state index contributed by atoms with van der Waals surface area (Å²) in [4.78, 5) is 23.4. The third-order valence-electron chi connectivity index (χ3n) is 3.33. The number of hydrogen-bond acceptors (Lipinski definition) is 4. The van der Waals surface area contributed by atoms with Crippen LogP contribution >= 0.6 is 0 Å². The Hall–Kier alpha value is -2.82. The van der Waals surface area contributed by atoms with Crippen LogP contribution in [-0.4, -0.2) is 18.4 Å². The van der Waals surface area contributed by atoms with Crippen molar-refractivity contribution in [2.45, 2.75) is 18.9 Å². The van der Waals surface area contributed by atoms with Crippen LogP contribution in [-0.2, 0) is 9.53 Å². The topological polar surface area (TPSA) is 81.4 Å². The van der Waals surface area contributed by atoms with E-state index in [0.29, 0.717) is 24.9 Å². The van der Waals surface area contributed by atoms with Crippen molar-refractivity contribution < 1.29 is 14.3 Å². The molecule has 120 valence electrons. The quantitative estimate of drug-likeness (QED) is 0.733. The lowest BCUT2D eigenvalue weighted by Gasteiger charge is -2.16. The zero-order valence-electron chi connectivity index (χ0n) is 12.8. The summed E-state index contributed by atoms with van der Waals surface area (Å²) in [6, 6.07) is 18.7. The van der Waals surface area contributed by atoms with Crippen LogP contribution in [0.2, 0.25) is 0 Å². The van der Waals surface area contributed by atoms with Crippen molar-refractivity contribution in [2.75, 3.05) is 11.9 Å². The Morgan fingerprint density at radius 2 is 1.61 bits per heavy atom. The second-order valence-corrected chi connectivity index (χ2v) is 5.09. The number of primary amides is 1. The molecule has 0 radical (unpaired) electrons. The third-order valence-corrected chi connectivity index (χ3v) is 3.33. The SMILES string of the molecule is NC(=O)OC(C(=O)CCCNc1ccccc1)c1ccccc1. The van der Waals surface area contributed by atoms with Crippen LogP contribution in [0.1, 0.15) is 24.5 Å². The van der Waals surface area contributed by atoms with Gasteiger partial charge in [0.1, 0.15) is 0 Å². The number of rotatable bonds is 8. The van der Waals surface area contributed by atoms with Gasteiger partial charge in [-0.05, 0) is 18.6 Å². The summed E-state index contributed by atoms with van der Waals surface area (Å²) in [5.41, 5.74) is 6.71. The molecule has 0 aliphatic carbocycles. The minimum atomic E-state index is -0.949. The molecule has 23 heavy (non-hydrogen) atoms. The molecule has 0 heterocycles. The Morgan fingerprint density at radius 3 is 2.22 bits per heavy atom. The second kappa shape index (κ2) is 8.58. The van der Waals surface area contributed by atoms with Gasteiger partial charge in [0.25, 0.3) is 0 Å². The van der Waals surface area contributed by atoms with Crippen LogP contribution in [0.3, 0.4) is 0 Å². The summed E-state index contributed by atoms with van der Waals surface area (Å²) in [5, 5.41) is 3.23. The first-order valence-electron chi connectivity index (χ1n) is 7.49. The summed E-state index contributed by atoms with van der Waals surface area (Å²) in [7, 11) is 0. The lowest BCUT2D eigenvalue weighted by atomic mass is 10.0. The molecule has 2 rings (SSSR count). The van der Waals surface area contributed by atoms with Crippen LogP contribution in [0.4, 0.5) is 10.5 Å². The Balaban J connectivity index is 1.87. The predicted molar refractivity (Wildman–Crippen MR) is 89.0 cm³/mol. The molecule has 2 aromatic carbocycles. The number of nitrogens with one attached hydrogen (secondary N) is 1. The summed E-state index contributed by atoms with van der Waals surface area (Å²) in [6.45, 7) is 0.661. The molecule has 1 atom stereocenters. The van der Waals surface area contributed by atoms with Crippen molar-refractivity contribution in [3.05, 3.63) is 66.2 Å². The van der Waals surface area contributed by atoms with Crippen molar-refractivity contribution in [3.63, 3.8) is 0 Å². The number of amides is 1. The van der Waals surface area contributed by atoms with Gasteiger partial charge in [0.15, 0.2) is 11.9 Å². The molecular formula is C18H20N2O3. The second-order valence-electron chi connectivity index (χ2n) is 5.09. The molecule has 0 saturated carbocycles. The van der Waals surface area contributed by atoms with Crippen LogP contribution in [0.5, 0.6) is 0 Å². The minimum absolute atomic E-state index is 0.162. The molecule has 0 saturated heterocycles. The summed E-state index contributed by atoms with van der Waals surface area (Å²) >= 11 is 0. The van der Waals surface area contributed by atoms with Crippen LogP contribution in [0.15, 0.2) is 60.7 Å². The maximum atomic E-state index is 12.3. The lowest BCUT2D eigenvalue weighted by Crippen LogP contribution is -2.23. The number of para-hydroxylation sites is 1. The molecule has 3 N–H and O–H groups in total. The average Bonchev–Trinajstić information content (AvgIpc) is 2.58. The maximum Gasteiger partial charge on any atom is 0.405 e. The average molecular weight is 312 g/mol. The van der Waals surface area contributed by atoms with E-state index in [1.165, 1.54) is 0 Å². The smallest absolute Gasteiger partial charge is 0.405 e. The number of ketones is 1. The molecular weight excluding hydrogens is 292 g/mol. The molecule has 5 nitrogen and oxygen atoms in total. The first-order chi connectivity index (χ1) is 11.2. The fourth-order valence-corrected chi connectivity index (χ4v) is 2.25. The largest absolute Gasteiger partial charge is 0.433 e. The monoisotopic (exact) mass is 312 g/mol. The zero-order valence-corrected chi connectivity index (χ0v) is 12.8. The first kappa shape index (κ1) is 16.5. The van der Waals surface area contributed by atoms with E-state index >= 15 is 0 Å². The fraction of sp³-hybridized carbons (Fsp3) is 0.222. The van der Waals surface area contributed by atoms with Crippen molar-refractivity contribution in [3.8, 4) is 0 Å². The minimum Gasteiger partial charge on any atom is -0.433 e. The number of hydrogen-bond donors (Lipinski definition) is 2. The summed E-state index contributed by atoms with van der Waals surface area (Å²) in [5.74, 6) is -0.162. The van der Waals surface area contributed by atoms with E-state index in [4.69, 9.17) is 10.5 Å². The number of carbonyl (C=O) groups excluding carboxylic acids is 2. The Labute approximate surface area is 135 Å². The number of nitrogens with two attached hydrogens (primary N) is 1. The molecule has 1 unspecified atom stereocenters. The fourth-order valence-electron chi connectivity index (χ4n) is 2.25. The van der Waals surface area contributed by atoms with E-state index in [1.807, 2.05) is 36.4 Å². The number of carbonyl (C=O) groups is 2. The van der Waals surface area contributed by atoms with E-state index in [2.05, 4.69) is 5.32 Å². The number of ether oxygens (including phenoxy) is 1. The molecule has 0 aliphatic heterocycles. The highest BCUT2D eigenvalue weighted by molar-refractivity contribution is 5.86. The third kappa shape index (κ3) is 5.47.